The van der Waals surface area contributed by atoms with E-state index in [1.807, 2.05) is 0 Å². The van der Waals surface area contributed by atoms with E-state index in [1.165, 1.54) is 28.5 Å². The minimum absolute atomic E-state index is 0.0602. The highest BCUT2D eigenvalue weighted by Crippen LogP contribution is 2.30. The quantitative estimate of drug-likeness (QED) is 0.371. The molecule has 1 amide bonds. The van der Waals surface area contributed by atoms with Crippen molar-refractivity contribution in [2.45, 2.75) is 22.8 Å². The molecule has 34 heavy (non-hydrogen) atoms. The summed E-state index contributed by atoms with van der Waals surface area (Å²) >= 11 is 2.56. The summed E-state index contributed by atoms with van der Waals surface area (Å²) in [4.78, 5) is 30.9. The Morgan fingerprint density at radius 2 is 1.82 bits per heavy atom. The minimum atomic E-state index is -4.79. The van der Waals surface area contributed by atoms with E-state index in [2.05, 4.69) is 15.0 Å². The first kappa shape index (κ1) is 24.0. The van der Waals surface area contributed by atoms with Crippen molar-refractivity contribution in [3.63, 3.8) is 0 Å². The highest BCUT2D eigenvalue weighted by atomic mass is 32.2. The Morgan fingerprint density at radius 1 is 1.15 bits per heavy atom. The number of hydrogen-bond donors (Lipinski definition) is 1. The van der Waals surface area contributed by atoms with Gasteiger partial charge in [-0.1, -0.05) is 11.8 Å². The molecule has 12 heteroatoms. The number of nitrogens with one attached hydrogen (secondary N) is 1. The van der Waals surface area contributed by atoms with Crippen LogP contribution in [0, 0.1) is 0 Å². The van der Waals surface area contributed by atoms with Gasteiger partial charge in [-0.05, 0) is 48.5 Å². The Balaban J connectivity index is 1.50. The van der Waals surface area contributed by atoms with Crippen molar-refractivity contribution in [1.82, 2.24) is 9.55 Å². The van der Waals surface area contributed by atoms with Gasteiger partial charge in [-0.2, -0.15) is 0 Å². The molecule has 2 heterocycles. The number of thioether (sulfide) groups is 2. The molecule has 0 fully saturated rings. The number of ether oxygens (including phenoxy) is 2. The summed E-state index contributed by atoms with van der Waals surface area (Å²) < 4.78 is 47.3. The molecule has 178 valence electrons. The van der Waals surface area contributed by atoms with E-state index in [0.29, 0.717) is 39.3 Å². The van der Waals surface area contributed by atoms with Crippen LogP contribution in [0.1, 0.15) is 5.69 Å². The van der Waals surface area contributed by atoms with Crippen LogP contribution in [-0.4, -0.2) is 40.4 Å². The summed E-state index contributed by atoms with van der Waals surface area (Å²) in [6, 6.07) is 11.8. The first-order chi connectivity index (χ1) is 16.2. The number of nitrogens with zero attached hydrogens (tertiary/aromatic N) is 2. The van der Waals surface area contributed by atoms with Crippen LogP contribution in [0.4, 0.5) is 18.9 Å². The topological polar surface area (TPSA) is 82.4 Å². The Morgan fingerprint density at radius 3 is 2.47 bits per heavy atom. The lowest BCUT2D eigenvalue weighted by Gasteiger charge is -2.14. The fourth-order valence-electron chi connectivity index (χ4n) is 3.22. The minimum Gasteiger partial charge on any atom is -0.497 e. The maximum Gasteiger partial charge on any atom is 0.573 e. The number of carbonyl (C=O) groups is 1. The van der Waals surface area contributed by atoms with Crippen LogP contribution in [0.2, 0.25) is 0 Å². The van der Waals surface area contributed by atoms with Crippen LogP contribution >= 0.6 is 23.5 Å². The number of methoxy groups -OCH3 is 1. The third kappa shape index (κ3) is 5.68. The second kappa shape index (κ2) is 10.0. The van der Waals surface area contributed by atoms with E-state index in [9.17, 15) is 22.8 Å². The van der Waals surface area contributed by atoms with Gasteiger partial charge in [-0.3, -0.25) is 14.2 Å². The third-order valence-corrected chi connectivity index (χ3v) is 6.75. The van der Waals surface area contributed by atoms with Crippen LogP contribution in [0.3, 0.4) is 0 Å². The zero-order valence-corrected chi connectivity index (χ0v) is 19.4. The molecule has 2 aromatic carbocycles. The molecule has 0 unspecified atom stereocenters. The summed E-state index contributed by atoms with van der Waals surface area (Å²) in [5.41, 5.74) is 1.42. The number of hydrogen-bond acceptors (Lipinski definition) is 7. The van der Waals surface area contributed by atoms with Crippen molar-refractivity contribution < 1.29 is 27.4 Å². The van der Waals surface area contributed by atoms with E-state index in [-0.39, 0.29) is 17.1 Å². The van der Waals surface area contributed by atoms with E-state index >= 15 is 0 Å². The fourth-order valence-corrected chi connectivity index (χ4v) is 5.07. The normalized spacial score (nSPS) is 12.8. The Bertz CT molecular complexity index is 1250. The van der Waals surface area contributed by atoms with Gasteiger partial charge in [-0.15, -0.1) is 24.9 Å². The van der Waals surface area contributed by atoms with Gasteiger partial charge >= 0.3 is 6.36 Å². The average Bonchev–Trinajstić information content (AvgIpc) is 3.27. The van der Waals surface area contributed by atoms with Gasteiger partial charge in [0.15, 0.2) is 5.16 Å². The van der Waals surface area contributed by atoms with Crippen molar-refractivity contribution in [2.75, 3.05) is 23.9 Å². The van der Waals surface area contributed by atoms with Crippen molar-refractivity contribution in [2.24, 2.45) is 0 Å². The van der Waals surface area contributed by atoms with E-state index < -0.39 is 12.3 Å². The van der Waals surface area contributed by atoms with Crippen LogP contribution in [0.5, 0.6) is 11.5 Å². The van der Waals surface area contributed by atoms with Gasteiger partial charge in [-0.25, -0.2) is 4.98 Å². The van der Waals surface area contributed by atoms with Crippen LogP contribution < -0.4 is 20.3 Å². The third-order valence-electron chi connectivity index (χ3n) is 4.70. The van der Waals surface area contributed by atoms with Gasteiger partial charge in [0.2, 0.25) is 5.91 Å². The second-order valence-electron chi connectivity index (χ2n) is 7.02. The Kier molecular flexibility index (Phi) is 7.08. The largest absolute Gasteiger partial charge is 0.573 e. The molecule has 0 saturated heterocycles. The van der Waals surface area contributed by atoms with Crippen LogP contribution in [0.15, 0.2) is 63.4 Å². The molecule has 4 rings (SSSR count). The number of halogens is 3. The lowest BCUT2D eigenvalue weighted by Crippen LogP contribution is -2.24. The summed E-state index contributed by atoms with van der Waals surface area (Å²) in [6.45, 7) is 0. The van der Waals surface area contributed by atoms with Gasteiger partial charge in [0.05, 0.1) is 29.1 Å². The SMILES string of the molecule is COc1ccc(-n2c(SCC(=O)Nc3ccc(OC(F)(F)F)cc3)nc3c(c2=O)SCC3)cc1. The molecule has 0 aliphatic carbocycles. The van der Waals surface area contributed by atoms with Crippen molar-refractivity contribution in [3.05, 3.63) is 64.6 Å². The van der Waals surface area contributed by atoms with Gasteiger partial charge in [0, 0.05) is 17.9 Å². The van der Waals surface area contributed by atoms with E-state index in [0.717, 1.165) is 29.6 Å². The first-order valence-electron chi connectivity index (χ1n) is 9.95. The summed E-state index contributed by atoms with van der Waals surface area (Å²) in [7, 11) is 1.55. The number of fused-ring (bicyclic) bond motifs is 1. The number of amides is 1. The summed E-state index contributed by atoms with van der Waals surface area (Å²) in [5.74, 6) is 0.557. The molecular weight excluding hydrogens is 491 g/mol. The number of rotatable bonds is 7. The molecular formula is C22H18F3N3O4S2. The van der Waals surface area contributed by atoms with E-state index in [1.54, 1.807) is 31.4 Å². The summed E-state index contributed by atoms with van der Waals surface area (Å²) in [6.07, 6.45) is -4.12. The maximum absolute atomic E-state index is 13.2. The first-order valence-corrected chi connectivity index (χ1v) is 11.9. The lowest BCUT2D eigenvalue weighted by atomic mass is 10.3. The lowest BCUT2D eigenvalue weighted by molar-refractivity contribution is -0.274. The predicted molar refractivity (Wildman–Crippen MR) is 123 cm³/mol. The zero-order chi connectivity index (χ0) is 24.3. The number of benzene rings is 2. The molecule has 0 bridgehead atoms. The van der Waals surface area contributed by atoms with Crippen molar-refractivity contribution >= 4 is 35.1 Å². The molecule has 0 saturated carbocycles. The molecule has 1 aliphatic rings. The van der Waals surface area contributed by atoms with Gasteiger partial charge in [0.25, 0.3) is 5.56 Å². The second-order valence-corrected chi connectivity index (χ2v) is 9.06. The highest BCUT2D eigenvalue weighted by molar-refractivity contribution is 8.00. The van der Waals surface area contributed by atoms with Crippen LogP contribution in [-0.2, 0) is 11.2 Å². The fraction of sp³-hybridized carbons (Fsp3) is 0.227. The Labute approximate surface area is 200 Å². The van der Waals surface area contributed by atoms with Gasteiger partial charge in [0.1, 0.15) is 11.5 Å². The average molecular weight is 510 g/mol. The zero-order valence-electron chi connectivity index (χ0n) is 17.7. The summed E-state index contributed by atoms with van der Waals surface area (Å²) in [5, 5.41) is 2.99. The van der Waals surface area contributed by atoms with Crippen molar-refractivity contribution in [3.8, 4) is 17.2 Å². The standard InChI is InChI=1S/C22H18F3N3O4S2/c1-31-15-8-4-14(5-9-15)28-20(30)19-17(10-11-33-19)27-21(28)34-12-18(29)26-13-2-6-16(7-3-13)32-22(23,24)25/h2-9H,10-12H2,1H3,(H,26,29). The number of alkyl halides is 3. The highest BCUT2D eigenvalue weighted by Gasteiger charge is 2.31. The number of aromatic nitrogens is 2. The number of anilines is 1. The molecule has 7 nitrogen and oxygen atoms in total. The molecule has 1 N–H and O–H groups in total. The molecule has 3 aromatic rings. The van der Waals surface area contributed by atoms with Crippen molar-refractivity contribution in [1.29, 1.82) is 0 Å². The van der Waals surface area contributed by atoms with Crippen LogP contribution in [0.25, 0.3) is 5.69 Å². The maximum atomic E-state index is 13.2. The molecule has 0 radical (unpaired) electrons. The molecule has 1 aliphatic heterocycles. The Hall–Kier alpha value is -3.12. The number of carbonyl (C=O) groups excluding carboxylic acids is 1. The number of aryl methyl sites for hydroxylation is 1. The van der Waals surface area contributed by atoms with Gasteiger partial charge < -0.3 is 14.8 Å². The smallest absolute Gasteiger partial charge is 0.497 e. The van der Waals surface area contributed by atoms with E-state index in [4.69, 9.17) is 4.74 Å². The molecule has 1 aromatic heterocycles. The monoisotopic (exact) mass is 509 g/mol. The molecule has 0 atom stereocenters. The predicted octanol–water partition coefficient (Wildman–Crippen LogP) is 4.52. The molecule has 0 spiro atoms.